The first kappa shape index (κ1) is 19.7. The van der Waals surface area contributed by atoms with Crippen molar-refractivity contribution in [3.05, 3.63) is 35.5 Å². The van der Waals surface area contributed by atoms with Gasteiger partial charge in [-0.2, -0.15) is 0 Å². The van der Waals surface area contributed by atoms with E-state index < -0.39 is 16.1 Å². The van der Waals surface area contributed by atoms with Crippen molar-refractivity contribution in [3.8, 4) is 5.75 Å². The predicted octanol–water partition coefficient (Wildman–Crippen LogP) is 0.0650. The Kier molecular flexibility index (Phi) is 6.22. The van der Waals surface area contributed by atoms with Crippen LogP contribution in [0.4, 0.5) is 4.79 Å². The van der Waals surface area contributed by atoms with Crippen molar-refractivity contribution in [2.45, 2.75) is 24.8 Å². The van der Waals surface area contributed by atoms with Crippen molar-refractivity contribution in [2.75, 3.05) is 20.2 Å². The largest absolute Gasteiger partial charge is 0.497 e. The number of nitrogens with one attached hydrogen (secondary N) is 4. The van der Waals surface area contributed by atoms with Gasteiger partial charge in [0.15, 0.2) is 0 Å². The van der Waals surface area contributed by atoms with Gasteiger partial charge in [0.25, 0.3) is 5.91 Å². The van der Waals surface area contributed by atoms with E-state index in [-0.39, 0.29) is 29.9 Å². The second-order valence-corrected chi connectivity index (χ2v) is 7.45. The van der Waals surface area contributed by atoms with Crippen LogP contribution in [-0.4, -0.2) is 46.6 Å². The highest BCUT2D eigenvalue weighted by molar-refractivity contribution is 7.89. The van der Waals surface area contributed by atoms with Gasteiger partial charge in [0.2, 0.25) is 10.0 Å². The number of sulfonamides is 1. The van der Waals surface area contributed by atoms with E-state index in [4.69, 9.17) is 4.74 Å². The van der Waals surface area contributed by atoms with Crippen molar-refractivity contribution >= 4 is 22.0 Å². The third-order valence-corrected chi connectivity index (χ3v) is 5.28. The second kappa shape index (κ2) is 8.19. The third-order valence-electron chi connectivity index (χ3n) is 3.80. The third kappa shape index (κ3) is 4.73. The number of rotatable bonds is 7. The van der Waals surface area contributed by atoms with Crippen LogP contribution >= 0.6 is 0 Å². The maximum absolute atomic E-state index is 12.2. The summed E-state index contributed by atoms with van der Waals surface area (Å²) in [6, 6.07) is 5.19. The molecule has 0 radical (unpaired) electrons. The second-order valence-electron chi connectivity index (χ2n) is 5.69. The quantitative estimate of drug-likeness (QED) is 0.497. The lowest BCUT2D eigenvalue weighted by Gasteiger charge is -2.25. The average Bonchev–Trinajstić information content (AvgIpc) is 2.58. The Balaban J connectivity index is 1.88. The van der Waals surface area contributed by atoms with E-state index >= 15 is 0 Å². The molecule has 1 heterocycles. The Morgan fingerprint density at radius 1 is 1.23 bits per heavy atom. The first-order valence-electron chi connectivity index (χ1n) is 7.95. The molecule has 0 aliphatic carbocycles. The molecular formula is C16H22N4O5S. The van der Waals surface area contributed by atoms with Crippen LogP contribution in [-0.2, 0) is 14.8 Å². The van der Waals surface area contributed by atoms with Crippen molar-refractivity contribution < 1.29 is 22.7 Å². The zero-order valence-electron chi connectivity index (χ0n) is 14.8. The Morgan fingerprint density at radius 2 is 1.88 bits per heavy atom. The van der Waals surface area contributed by atoms with Crippen LogP contribution in [0.15, 0.2) is 40.4 Å². The predicted molar refractivity (Wildman–Crippen MR) is 95.0 cm³/mol. The number of carbonyl (C=O) groups is 2. The maximum atomic E-state index is 12.2. The molecule has 142 valence electrons. The summed E-state index contributed by atoms with van der Waals surface area (Å²) in [7, 11) is -2.18. The van der Waals surface area contributed by atoms with Gasteiger partial charge < -0.3 is 20.7 Å². The normalized spacial score (nSPS) is 17.3. The van der Waals surface area contributed by atoms with Crippen LogP contribution in [0.5, 0.6) is 5.75 Å². The molecule has 4 N–H and O–H groups in total. The minimum atomic E-state index is -3.68. The molecule has 1 aliphatic heterocycles. The SMILES string of the molecule is COc1ccc(S(=O)(=O)NCCNC(=O)C2=C(C)NC(=O)N[C@@H]2C)cc1. The summed E-state index contributed by atoms with van der Waals surface area (Å²) in [5, 5.41) is 7.76. The molecule has 2 rings (SSSR count). The highest BCUT2D eigenvalue weighted by Gasteiger charge is 2.26. The van der Waals surface area contributed by atoms with E-state index in [2.05, 4.69) is 20.7 Å². The van der Waals surface area contributed by atoms with Crippen molar-refractivity contribution in [2.24, 2.45) is 0 Å². The molecule has 0 saturated carbocycles. The topological polar surface area (TPSA) is 126 Å². The van der Waals surface area contributed by atoms with Gasteiger partial charge in [0.1, 0.15) is 5.75 Å². The minimum Gasteiger partial charge on any atom is -0.497 e. The van der Waals surface area contributed by atoms with Gasteiger partial charge in [-0.1, -0.05) is 0 Å². The van der Waals surface area contributed by atoms with Gasteiger partial charge >= 0.3 is 6.03 Å². The molecule has 1 aromatic carbocycles. The number of methoxy groups -OCH3 is 1. The van der Waals surface area contributed by atoms with Crippen LogP contribution in [0, 0.1) is 0 Å². The van der Waals surface area contributed by atoms with Crippen molar-refractivity contribution in [1.29, 1.82) is 0 Å². The van der Waals surface area contributed by atoms with Gasteiger partial charge in [-0.25, -0.2) is 17.9 Å². The molecule has 0 fully saturated rings. The summed E-state index contributed by atoms with van der Waals surface area (Å²) in [6.07, 6.45) is 0. The molecule has 3 amide bonds. The van der Waals surface area contributed by atoms with E-state index in [1.165, 1.54) is 19.2 Å². The number of urea groups is 1. The van der Waals surface area contributed by atoms with Crippen LogP contribution < -0.4 is 25.4 Å². The van der Waals surface area contributed by atoms with E-state index in [1.807, 2.05) is 0 Å². The van der Waals surface area contributed by atoms with Crippen molar-refractivity contribution in [1.82, 2.24) is 20.7 Å². The molecule has 1 aliphatic rings. The summed E-state index contributed by atoms with van der Waals surface area (Å²) in [4.78, 5) is 23.7. The molecular weight excluding hydrogens is 360 g/mol. The summed E-state index contributed by atoms with van der Waals surface area (Å²) in [5.41, 5.74) is 0.875. The number of ether oxygens (including phenoxy) is 1. The first-order valence-corrected chi connectivity index (χ1v) is 9.43. The van der Waals surface area contributed by atoms with E-state index in [0.717, 1.165) is 0 Å². The smallest absolute Gasteiger partial charge is 0.319 e. The van der Waals surface area contributed by atoms with E-state index in [9.17, 15) is 18.0 Å². The highest BCUT2D eigenvalue weighted by Crippen LogP contribution is 2.15. The Bertz CT molecular complexity index is 818. The lowest BCUT2D eigenvalue weighted by Crippen LogP contribution is -2.50. The Labute approximate surface area is 152 Å². The standard InChI is InChI=1S/C16H22N4O5S/c1-10-14(11(2)20-16(22)19-10)15(21)17-8-9-18-26(23,24)13-6-4-12(25-3)5-7-13/h4-7,10,18H,8-9H2,1-3H3,(H,17,21)(H2,19,20,22)/t10-/m1/s1. The van der Waals surface area contributed by atoms with Gasteiger partial charge in [-0.05, 0) is 38.1 Å². The molecule has 0 spiro atoms. The van der Waals surface area contributed by atoms with Crippen LogP contribution in [0.2, 0.25) is 0 Å². The number of allylic oxidation sites excluding steroid dienone is 1. The molecule has 0 bridgehead atoms. The summed E-state index contributed by atoms with van der Waals surface area (Å²) in [6.45, 7) is 3.46. The number of hydrogen-bond donors (Lipinski definition) is 4. The fourth-order valence-electron chi connectivity index (χ4n) is 2.53. The number of amides is 3. The Morgan fingerprint density at radius 3 is 2.46 bits per heavy atom. The summed E-state index contributed by atoms with van der Waals surface area (Å²) < 4.78 is 31.8. The van der Waals surface area contributed by atoms with Crippen LogP contribution in [0.3, 0.4) is 0 Å². The average molecular weight is 382 g/mol. The fourth-order valence-corrected chi connectivity index (χ4v) is 3.56. The van der Waals surface area contributed by atoms with E-state index in [1.54, 1.807) is 26.0 Å². The molecule has 26 heavy (non-hydrogen) atoms. The first-order chi connectivity index (χ1) is 12.2. The highest BCUT2D eigenvalue weighted by atomic mass is 32.2. The van der Waals surface area contributed by atoms with E-state index in [0.29, 0.717) is 17.0 Å². The van der Waals surface area contributed by atoms with Crippen LogP contribution in [0.1, 0.15) is 13.8 Å². The number of hydrogen-bond acceptors (Lipinski definition) is 5. The zero-order chi connectivity index (χ0) is 19.3. The molecule has 10 heteroatoms. The number of carbonyl (C=O) groups excluding carboxylic acids is 2. The number of benzene rings is 1. The molecule has 0 unspecified atom stereocenters. The van der Waals surface area contributed by atoms with Crippen molar-refractivity contribution in [3.63, 3.8) is 0 Å². The van der Waals surface area contributed by atoms with Gasteiger partial charge in [-0.3, -0.25) is 4.79 Å². The monoisotopic (exact) mass is 382 g/mol. The fraction of sp³-hybridized carbons (Fsp3) is 0.375. The lowest BCUT2D eigenvalue weighted by molar-refractivity contribution is -0.117. The van der Waals surface area contributed by atoms with Gasteiger partial charge in [0.05, 0.1) is 23.6 Å². The molecule has 1 atom stereocenters. The van der Waals surface area contributed by atoms with Crippen LogP contribution in [0.25, 0.3) is 0 Å². The molecule has 1 aromatic rings. The van der Waals surface area contributed by atoms with Gasteiger partial charge in [0, 0.05) is 18.8 Å². The Hall–Kier alpha value is -2.59. The maximum Gasteiger partial charge on any atom is 0.319 e. The zero-order valence-corrected chi connectivity index (χ0v) is 15.6. The lowest BCUT2D eigenvalue weighted by atomic mass is 10.0. The molecule has 0 saturated heterocycles. The summed E-state index contributed by atoms with van der Waals surface area (Å²) in [5.74, 6) is 0.188. The molecule has 9 nitrogen and oxygen atoms in total. The van der Waals surface area contributed by atoms with Gasteiger partial charge in [-0.15, -0.1) is 0 Å². The molecule has 0 aromatic heterocycles. The summed E-state index contributed by atoms with van der Waals surface area (Å²) >= 11 is 0. The minimum absolute atomic E-state index is 0.0284.